The molecule has 0 unspecified atom stereocenters. The number of para-hydroxylation sites is 1. The molecule has 0 saturated carbocycles. The number of nitrogens with zero attached hydrogens (tertiary/aromatic N) is 1. The van der Waals surface area contributed by atoms with Crippen LogP contribution in [0.25, 0.3) is 11.0 Å². The second kappa shape index (κ2) is 5.78. The summed E-state index contributed by atoms with van der Waals surface area (Å²) in [7, 11) is 0. The summed E-state index contributed by atoms with van der Waals surface area (Å²) in [5.74, 6) is 0.630. The Hall–Kier alpha value is -2.46. The molecule has 2 heterocycles. The fourth-order valence-electron chi connectivity index (χ4n) is 4.18. The van der Waals surface area contributed by atoms with Crippen molar-refractivity contribution < 1.29 is 9.15 Å². The lowest BCUT2D eigenvalue weighted by Crippen LogP contribution is -2.32. The number of hydrogen-bond acceptors (Lipinski definition) is 4. The van der Waals surface area contributed by atoms with Gasteiger partial charge in [-0.1, -0.05) is 29.8 Å². The highest BCUT2D eigenvalue weighted by Crippen LogP contribution is 2.42. The van der Waals surface area contributed by atoms with Crippen molar-refractivity contribution in [2.45, 2.75) is 32.7 Å². The van der Waals surface area contributed by atoms with Crippen molar-refractivity contribution >= 4 is 28.3 Å². The van der Waals surface area contributed by atoms with Crippen molar-refractivity contribution in [2.75, 3.05) is 11.6 Å². The molecule has 0 bridgehead atoms. The molecule has 1 aromatic heterocycles. The Morgan fingerprint density at radius 3 is 2.77 bits per heavy atom. The lowest BCUT2D eigenvalue weighted by Gasteiger charge is -2.32. The van der Waals surface area contributed by atoms with Gasteiger partial charge in [-0.3, -0.25) is 0 Å². The van der Waals surface area contributed by atoms with E-state index in [-0.39, 0.29) is 5.63 Å². The smallest absolute Gasteiger partial charge is 0.339 e. The molecule has 2 aromatic carbocycles. The molecule has 0 radical (unpaired) electrons. The van der Waals surface area contributed by atoms with E-state index in [2.05, 4.69) is 24.0 Å². The summed E-state index contributed by atoms with van der Waals surface area (Å²) in [6.45, 7) is 3.09. The first-order valence-electron chi connectivity index (χ1n) is 8.87. The third kappa shape index (κ3) is 2.25. The maximum atomic E-state index is 12.4. The quantitative estimate of drug-likeness (QED) is 0.589. The van der Waals surface area contributed by atoms with Gasteiger partial charge in [0.1, 0.15) is 11.3 Å². The minimum atomic E-state index is -0.220. The van der Waals surface area contributed by atoms with Gasteiger partial charge in [-0.2, -0.15) is 0 Å². The van der Waals surface area contributed by atoms with Crippen LogP contribution >= 0.6 is 11.6 Å². The maximum absolute atomic E-state index is 12.4. The first-order chi connectivity index (χ1) is 12.6. The molecule has 3 aromatic rings. The SMILES string of the molecule is Cc1ccccc1N1COc2c(Cl)cc3c4c(c(=O)oc3c2C1)CCC4. The number of aryl methyl sites for hydroxylation is 2. The van der Waals surface area contributed by atoms with E-state index in [9.17, 15) is 4.79 Å². The van der Waals surface area contributed by atoms with E-state index in [4.69, 9.17) is 20.8 Å². The summed E-state index contributed by atoms with van der Waals surface area (Å²) in [4.78, 5) is 14.6. The van der Waals surface area contributed by atoms with Crippen molar-refractivity contribution in [2.24, 2.45) is 0 Å². The molecule has 1 aliphatic carbocycles. The standard InChI is InChI=1S/C21H18ClNO3/c1-12-5-2-3-8-18(12)23-10-16-19-15(9-17(22)20(16)25-11-23)13-6-4-7-14(13)21(24)26-19/h2-3,5,8-9H,4,6-7,10-11H2,1H3. The largest absolute Gasteiger partial charge is 0.471 e. The second-order valence-corrected chi connectivity index (χ2v) is 7.41. The van der Waals surface area contributed by atoms with Gasteiger partial charge in [0, 0.05) is 16.6 Å². The summed E-state index contributed by atoms with van der Waals surface area (Å²) < 4.78 is 11.7. The highest BCUT2D eigenvalue weighted by atomic mass is 35.5. The Labute approximate surface area is 155 Å². The average Bonchev–Trinajstić information content (AvgIpc) is 3.14. The summed E-state index contributed by atoms with van der Waals surface area (Å²) in [6, 6.07) is 10.1. The fourth-order valence-corrected chi connectivity index (χ4v) is 4.46. The Bertz CT molecular complexity index is 1100. The minimum absolute atomic E-state index is 0.220. The average molecular weight is 368 g/mol. The zero-order valence-electron chi connectivity index (χ0n) is 14.5. The van der Waals surface area contributed by atoms with Crippen LogP contribution in [0, 0.1) is 6.92 Å². The van der Waals surface area contributed by atoms with E-state index in [1.54, 1.807) is 0 Å². The molecule has 0 N–H and O–H groups in total. The van der Waals surface area contributed by atoms with Crippen LogP contribution in [-0.2, 0) is 19.4 Å². The van der Waals surface area contributed by atoms with Crippen LogP contribution in [0.3, 0.4) is 0 Å². The monoisotopic (exact) mass is 367 g/mol. The highest BCUT2D eigenvalue weighted by molar-refractivity contribution is 6.33. The van der Waals surface area contributed by atoms with Crippen molar-refractivity contribution in [1.29, 1.82) is 0 Å². The topological polar surface area (TPSA) is 42.7 Å². The van der Waals surface area contributed by atoms with Crippen molar-refractivity contribution in [1.82, 2.24) is 0 Å². The molecule has 2 aliphatic rings. The number of rotatable bonds is 1. The molecule has 4 nitrogen and oxygen atoms in total. The fraction of sp³-hybridized carbons (Fsp3) is 0.286. The van der Waals surface area contributed by atoms with Crippen LogP contribution < -0.4 is 15.3 Å². The maximum Gasteiger partial charge on any atom is 0.339 e. The van der Waals surface area contributed by atoms with Crippen molar-refractivity contribution in [3.05, 3.63) is 68.0 Å². The Morgan fingerprint density at radius 1 is 1.12 bits per heavy atom. The Kier molecular flexibility index (Phi) is 3.50. The van der Waals surface area contributed by atoms with Crippen molar-refractivity contribution in [3.8, 4) is 5.75 Å². The van der Waals surface area contributed by atoms with Crippen LogP contribution in [0.2, 0.25) is 5.02 Å². The predicted octanol–water partition coefficient (Wildman–Crippen LogP) is 4.60. The van der Waals surface area contributed by atoms with Crippen LogP contribution in [0.1, 0.15) is 28.7 Å². The molecule has 1 aliphatic heterocycles. The minimum Gasteiger partial charge on any atom is -0.471 e. The molecule has 0 fully saturated rings. The van der Waals surface area contributed by atoms with Gasteiger partial charge in [0.25, 0.3) is 0 Å². The van der Waals surface area contributed by atoms with Crippen molar-refractivity contribution in [3.63, 3.8) is 0 Å². The molecule has 5 rings (SSSR count). The van der Waals surface area contributed by atoms with Crippen LogP contribution in [0.15, 0.2) is 39.5 Å². The molecule has 0 atom stereocenters. The molecule has 0 amide bonds. The first-order valence-corrected chi connectivity index (χ1v) is 9.24. The number of hydrogen-bond donors (Lipinski definition) is 0. The molecule has 0 spiro atoms. The van der Waals surface area contributed by atoms with Crippen LogP contribution in [0.5, 0.6) is 5.75 Å². The summed E-state index contributed by atoms with van der Waals surface area (Å²) >= 11 is 6.52. The predicted molar refractivity (Wildman–Crippen MR) is 102 cm³/mol. The Balaban J connectivity index is 1.72. The number of halogens is 1. The highest BCUT2D eigenvalue weighted by Gasteiger charge is 2.28. The molecule has 0 saturated heterocycles. The van der Waals surface area contributed by atoms with E-state index < -0.39 is 0 Å². The lowest BCUT2D eigenvalue weighted by molar-refractivity contribution is 0.289. The molecule has 5 heteroatoms. The number of benzene rings is 2. The number of anilines is 1. The zero-order valence-corrected chi connectivity index (χ0v) is 15.2. The van der Waals surface area contributed by atoms with Gasteiger partial charge < -0.3 is 14.1 Å². The summed E-state index contributed by atoms with van der Waals surface area (Å²) in [5.41, 5.74) is 5.43. The van der Waals surface area contributed by atoms with Crippen LogP contribution in [0.4, 0.5) is 5.69 Å². The first kappa shape index (κ1) is 15.8. The van der Waals surface area contributed by atoms with Gasteiger partial charge in [0.2, 0.25) is 0 Å². The summed E-state index contributed by atoms with van der Waals surface area (Å²) in [6.07, 6.45) is 2.67. The third-order valence-corrected chi connectivity index (χ3v) is 5.72. The van der Waals surface area contributed by atoms with E-state index in [0.717, 1.165) is 47.0 Å². The van der Waals surface area contributed by atoms with E-state index in [1.807, 2.05) is 18.2 Å². The second-order valence-electron chi connectivity index (χ2n) is 7.00. The van der Waals surface area contributed by atoms with Gasteiger partial charge in [0.15, 0.2) is 6.73 Å². The van der Waals surface area contributed by atoms with E-state index in [0.29, 0.717) is 29.6 Å². The lowest BCUT2D eigenvalue weighted by atomic mass is 10.0. The number of ether oxygens (including phenoxy) is 1. The molecule has 26 heavy (non-hydrogen) atoms. The molecular weight excluding hydrogens is 350 g/mol. The molecular formula is C21H18ClNO3. The van der Waals surface area contributed by atoms with Gasteiger partial charge in [-0.15, -0.1) is 0 Å². The summed E-state index contributed by atoms with van der Waals surface area (Å²) in [5, 5.41) is 1.54. The van der Waals surface area contributed by atoms with Gasteiger partial charge in [-0.05, 0) is 49.4 Å². The zero-order chi connectivity index (χ0) is 17.8. The number of fused-ring (bicyclic) bond motifs is 5. The Morgan fingerprint density at radius 2 is 1.92 bits per heavy atom. The van der Waals surface area contributed by atoms with E-state index >= 15 is 0 Å². The third-order valence-electron chi connectivity index (χ3n) is 5.43. The van der Waals surface area contributed by atoms with Gasteiger partial charge in [-0.25, -0.2) is 4.79 Å². The van der Waals surface area contributed by atoms with Gasteiger partial charge >= 0.3 is 5.63 Å². The van der Waals surface area contributed by atoms with Crippen LogP contribution in [-0.4, -0.2) is 6.73 Å². The van der Waals surface area contributed by atoms with Gasteiger partial charge in [0.05, 0.1) is 17.1 Å². The van der Waals surface area contributed by atoms with E-state index in [1.165, 1.54) is 5.56 Å². The molecule has 132 valence electrons. The normalized spacial score (nSPS) is 15.7.